The highest BCUT2D eigenvalue weighted by Crippen LogP contribution is 2.34. The molecule has 3 heterocycles. The van der Waals surface area contributed by atoms with Crippen molar-refractivity contribution in [3.63, 3.8) is 0 Å². The number of aryl methyl sites for hydroxylation is 1. The second-order valence-electron chi connectivity index (χ2n) is 6.58. The molecule has 1 atom stereocenters. The monoisotopic (exact) mass is 315 g/mol. The van der Waals surface area contributed by atoms with Crippen LogP contribution in [0.3, 0.4) is 0 Å². The molecule has 23 heavy (non-hydrogen) atoms. The van der Waals surface area contributed by atoms with Crippen molar-refractivity contribution >= 4 is 5.91 Å². The number of hydrogen-bond donors (Lipinski definition) is 0. The molecule has 7 heteroatoms. The van der Waals surface area contributed by atoms with Crippen LogP contribution in [-0.2, 0) is 7.05 Å². The summed E-state index contributed by atoms with van der Waals surface area (Å²) < 4.78 is 7.13. The molecule has 2 aromatic rings. The van der Waals surface area contributed by atoms with Gasteiger partial charge < -0.3 is 9.42 Å². The Bertz CT molecular complexity index is 701. The summed E-state index contributed by atoms with van der Waals surface area (Å²) in [5.41, 5.74) is 0.491. The van der Waals surface area contributed by atoms with Crippen LogP contribution >= 0.6 is 0 Å². The molecule has 122 valence electrons. The number of carbonyl (C=O) groups excluding carboxylic acids is 1. The Morgan fingerprint density at radius 3 is 2.83 bits per heavy atom. The fourth-order valence-electron chi connectivity index (χ4n) is 3.60. The van der Waals surface area contributed by atoms with E-state index in [2.05, 4.69) is 15.2 Å². The van der Waals surface area contributed by atoms with E-state index in [0.717, 1.165) is 25.1 Å². The summed E-state index contributed by atoms with van der Waals surface area (Å²) in [7, 11) is 1.81. The molecule has 0 spiro atoms. The van der Waals surface area contributed by atoms with Crippen LogP contribution in [0.1, 0.15) is 66.1 Å². The van der Waals surface area contributed by atoms with Gasteiger partial charge in [-0.05, 0) is 25.3 Å². The van der Waals surface area contributed by atoms with Gasteiger partial charge in [-0.15, -0.1) is 0 Å². The third-order valence-electron chi connectivity index (χ3n) is 4.94. The minimum absolute atomic E-state index is 0.0244. The average molecular weight is 315 g/mol. The highest BCUT2D eigenvalue weighted by atomic mass is 16.5. The topological polar surface area (TPSA) is 77.0 Å². The molecule has 2 aromatic heterocycles. The van der Waals surface area contributed by atoms with Gasteiger partial charge in [0.25, 0.3) is 5.91 Å². The number of hydrogen-bond acceptors (Lipinski definition) is 5. The molecule has 7 nitrogen and oxygen atoms in total. The van der Waals surface area contributed by atoms with E-state index in [1.54, 1.807) is 16.9 Å². The Morgan fingerprint density at radius 2 is 2.09 bits per heavy atom. The first-order chi connectivity index (χ1) is 11.2. The fourth-order valence-corrected chi connectivity index (χ4v) is 3.60. The number of likely N-dealkylation sites (tertiary alicyclic amines) is 1. The van der Waals surface area contributed by atoms with Crippen LogP contribution in [0.4, 0.5) is 0 Å². The van der Waals surface area contributed by atoms with Crippen LogP contribution in [-0.4, -0.2) is 43.8 Å². The predicted molar refractivity (Wildman–Crippen MR) is 82.0 cm³/mol. The number of nitrogens with zero attached hydrogens (tertiary/aromatic N) is 5. The van der Waals surface area contributed by atoms with E-state index in [1.165, 1.54) is 12.8 Å². The van der Waals surface area contributed by atoms with Gasteiger partial charge in [-0.3, -0.25) is 9.48 Å². The molecule has 1 aliphatic carbocycles. The molecule has 1 unspecified atom stereocenters. The second kappa shape index (κ2) is 5.79. The zero-order valence-electron chi connectivity index (χ0n) is 13.3. The van der Waals surface area contributed by atoms with E-state index in [-0.39, 0.29) is 11.8 Å². The fraction of sp³-hybridized carbons (Fsp3) is 0.625. The minimum atomic E-state index is -0.0244. The van der Waals surface area contributed by atoms with E-state index < -0.39 is 0 Å². The van der Waals surface area contributed by atoms with E-state index in [9.17, 15) is 4.79 Å². The number of carbonyl (C=O) groups is 1. The molecule has 0 bridgehead atoms. The standard InChI is InChI=1S/C16H21N5O2/c1-20-8-7-13(18-20)16(22)21-9-6-12(10-21)15-17-14(19-23-15)11-4-2-3-5-11/h7-8,11-12H,2-6,9-10H2,1H3. The number of amides is 1. The maximum Gasteiger partial charge on any atom is 0.274 e. The van der Waals surface area contributed by atoms with E-state index in [1.807, 2.05) is 11.9 Å². The summed E-state index contributed by atoms with van der Waals surface area (Å²) >= 11 is 0. The molecule has 2 aliphatic rings. The second-order valence-corrected chi connectivity index (χ2v) is 6.58. The lowest BCUT2D eigenvalue weighted by Gasteiger charge is -2.13. The van der Waals surface area contributed by atoms with Crippen LogP contribution in [0.2, 0.25) is 0 Å². The van der Waals surface area contributed by atoms with Gasteiger partial charge in [0, 0.05) is 32.3 Å². The SMILES string of the molecule is Cn1ccc(C(=O)N2CCC(c3nc(C4CCCC4)no3)C2)n1. The third kappa shape index (κ3) is 2.75. The number of aromatic nitrogens is 4. The molecule has 1 saturated carbocycles. The molecule has 0 radical (unpaired) electrons. The summed E-state index contributed by atoms with van der Waals surface area (Å²) in [6, 6.07) is 1.75. The minimum Gasteiger partial charge on any atom is -0.339 e. The van der Waals surface area contributed by atoms with E-state index >= 15 is 0 Å². The molecule has 1 aliphatic heterocycles. The Kier molecular flexibility index (Phi) is 3.63. The molecule has 1 amide bonds. The van der Waals surface area contributed by atoms with Crippen molar-refractivity contribution in [2.75, 3.05) is 13.1 Å². The molecule has 1 saturated heterocycles. The first-order valence-electron chi connectivity index (χ1n) is 8.33. The van der Waals surface area contributed by atoms with Crippen molar-refractivity contribution in [2.24, 2.45) is 7.05 Å². The van der Waals surface area contributed by atoms with Gasteiger partial charge in [0.2, 0.25) is 5.89 Å². The molecule has 0 N–H and O–H groups in total. The van der Waals surface area contributed by atoms with Gasteiger partial charge in [0.15, 0.2) is 5.82 Å². The normalized spacial score (nSPS) is 22.1. The van der Waals surface area contributed by atoms with Gasteiger partial charge >= 0.3 is 0 Å². The smallest absolute Gasteiger partial charge is 0.274 e. The Morgan fingerprint density at radius 1 is 1.26 bits per heavy atom. The molecular weight excluding hydrogens is 294 g/mol. The Balaban J connectivity index is 1.43. The molecular formula is C16H21N5O2. The Labute approximate surface area is 134 Å². The zero-order valence-corrected chi connectivity index (χ0v) is 13.3. The maximum atomic E-state index is 12.4. The largest absolute Gasteiger partial charge is 0.339 e. The predicted octanol–water partition coefficient (Wildman–Crippen LogP) is 2.09. The molecule has 0 aromatic carbocycles. The van der Waals surface area contributed by atoms with Gasteiger partial charge in [0.1, 0.15) is 5.69 Å². The lowest BCUT2D eigenvalue weighted by molar-refractivity contribution is 0.0783. The van der Waals surface area contributed by atoms with Crippen molar-refractivity contribution in [3.05, 3.63) is 29.7 Å². The van der Waals surface area contributed by atoms with E-state index in [0.29, 0.717) is 30.6 Å². The Hall–Kier alpha value is -2.18. The zero-order chi connectivity index (χ0) is 15.8. The summed E-state index contributed by atoms with van der Waals surface area (Å²) in [5, 5.41) is 8.35. The van der Waals surface area contributed by atoms with Gasteiger partial charge in [-0.25, -0.2) is 0 Å². The van der Waals surface area contributed by atoms with Crippen molar-refractivity contribution in [1.29, 1.82) is 0 Å². The summed E-state index contributed by atoms with van der Waals surface area (Å²) in [6.07, 6.45) is 7.48. The maximum absolute atomic E-state index is 12.4. The highest BCUT2D eigenvalue weighted by molar-refractivity contribution is 5.92. The number of rotatable bonds is 3. The van der Waals surface area contributed by atoms with Gasteiger partial charge in [-0.1, -0.05) is 18.0 Å². The van der Waals surface area contributed by atoms with Crippen molar-refractivity contribution in [1.82, 2.24) is 24.8 Å². The first-order valence-corrected chi connectivity index (χ1v) is 8.33. The van der Waals surface area contributed by atoms with Crippen LogP contribution in [0.25, 0.3) is 0 Å². The summed E-state index contributed by atoms with van der Waals surface area (Å²) in [5.74, 6) is 2.12. The van der Waals surface area contributed by atoms with Crippen LogP contribution in [0.15, 0.2) is 16.8 Å². The highest BCUT2D eigenvalue weighted by Gasteiger charge is 2.33. The van der Waals surface area contributed by atoms with Gasteiger partial charge in [0.05, 0.1) is 5.92 Å². The van der Waals surface area contributed by atoms with E-state index in [4.69, 9.17) is 4.52 Å². The van der Waals surface area contributed by atoms with Crippen LogP contribution in [0, 0.1) is 0 Å². The van der Waals surface area contributed by atoms with Crippen molar-refractivity contribution in [2.45, 2.75) is 43.9 Å². The molecule has 2 fully saturated rings. The summed E-state index contributed by atoms with van der Waals surface area (Å²) in [4.78, 5) is 18.9. The average Bonchev–Trinajstić information content (AvgIpc) is 3.30. The first kappa shape index (κ1) is 14.4. The lowest BCUT2D eigenvalue weighted by Crippen LogP contribution is -2.29. The van der Waals surface area contributed by atoms with Crippen molar-refractivity contribution in [3.8, 4) is 0 Å². The van der Waals surface area contributed by atoms with Crippen molar-refractivity contribution < 1.29 is 9.32 Å². The molecule has 4 rings (SSSR count). The lowest BCUT2D eigenvalue weighted by atomic mass is 10.1. The van der Waals surface area contributed by atoms with Crippen LogP contribution in [0.5, 0.6) is 0 Å². The third-order valence-corrected chi connectivity index (χ3v) is 4.94. The summed E-state index contributed by atoms with van der Waals surface area (Å²) in [6.45, 7) is 1.34. The van der Waals surface area contributed by atoms with Crippen LogP contribution < -0.4 is 0 Å². The van der Waals surface area contributed by atoms with Gasteiger partial charge in [-0.2, -0.15) is 10.1 Å². The quantitative estimate of drug-likeness (QED) is 0.866.